The predicted molar refractivity (Wildman–Crippen MR) is 94.9 cm³/mol. The van der Waals surface area contributed by atoms with Crippen molar-refractivity contribution in [2.75, 3.05) is 5.32 Å². The average Bonchev–Trinajstić information content (AvgIpc) is 3.40. The Labute approximate surface area is 142 Å². The summed E-state index contributed by atoms with van der Waals surface area (Å²) in [7, 11) is 0. The van der Waals surface area contributed by atoms with Gasteiger partial charge >= 0.3 is 0 Å². The summed E-state index contributed by atoms with van der Waals surface area (Å²) in [6.07, 6.45) is 1.95. The van der Waals surface area contributed by atoms with Gasteiger partial charge in [-0.05, 0) is 62.1 Å². The molecule has 3 rings (SSSR count). The summed E-state index contributed by atoms with van der Waals surface area (Å²) in [6.45, 7) is 4.01. The molecule has 0 radical (unpaired) electrons. The standard InChI is InChI=1S/C20H22N2O2/c1-13-5-3-4-6-18(13)14(2)21-19(23)16-9-11-17(12-10-16)22-20(24)15-7-8-15/h3-6,9-12,14-15H,7-8H2,1-2H3,(H,21,23)(H,22,24)/t14-/m0/s1. The van der Waals surface area contributed by atoms with E-state index in [0.29, 0.717) is 5.56 Å². The second-order valence-corrected chi connectivity index (χ2v) is 6.39. The van der Waals surface area contributed by atoms with E-state index in [1.807, 2.05) is 38.1 Å². The van der Waals surface area contributed by atoms with Crippen LogP contribution in [0.4, 0.5) is 5.69 Å². The first kappa shape index (κ1) is 16.2. The van der Waals surface area contributed by atoms with Crippen molar-refractivity contribution in [3.63, 3.8) is 0 Å². The third-order valence-corrected chi connectivity index (χ3v) is 4.37. The summed E-state index contributed by atoms with van der Waals surface area (Å²) in [4.78, 5) is 24.1. The molecule has 1 fully saturated rings. The molecule has 0 aliphatic heterocycles. The molecule has 2 aromatic carbocycles. The molecule has 24 heavy (non-hydrogen) atoms. The van der Waals surface area contributed by atoms with Crippen molar-refractivity contribution in [1.29, 1.82) is 0 Å². The maximum Gasteiger partial charge on any atom is 0.251 e. The number of aryl methyl sites for hydroxylation is 1. The van der Waals surface area contributed by atoms with Gasteiger partial charge in [-0.25, -0.2) is 0 Å². The van der Waals surface area contributed by atoms with E-state index in [4.69, 9.17) is 0 Å². The van der Waals surface area contributed by atoms with Crippen LogP contribution in [0.2, 0.25) is 0 Å². The number of carbonyl (C=O) groups is 2. The van der Waals surface area contributed by atoms with Crippen LogP contribution in [0, 0.1) is 12.8 Å². The number of hydrogen-bond acceptors (Lipinski definition) is 2. The smallest absolute Gasteiger partial charge is 0.251 e. The Hall–Kier alpha value is -2.62. The molecular weight excluding hydrogens is 300 g/mol. The molecule has 4 nitrogen and oxygen atoms in total. The number of benzene rings is 2. The Balaban J connectivity index is 1.62. The average molecular weight is 322 g/mol. The van der Waals surface area contributed by atoms with Crippen LogP contribution in [0.15, 0.2) is 48.5 Å². The molecular formula is C20H22N2O2. The number of hydrogen-bond donors (Lipinski definition) is 2. The zero-order valence-corrected chi connectivity index (χ0v) is 14.0. The van der Waals surface area contributed by atoms with Crippen LogP contribution in [0.5, 0.6) is 0 Å². The number of carbonyl (C=O) groups excluding carboxylic acids is 2. The van der Waals surface area contributed by atoms with Crippen molar-refractivity contribution in [2.24, 2.45) is 5.92 Å². The molecule has 0 bridgehead atoms. The summed E-state index contributed by atoms with van der Waals surface area (Å²) in [5.74, 6) is 0.120. The molecule has 1 atom stereocenters. The van der Waals surface area contributed by atoms with Gasteiger partial charge in [0.1, 0.15) is 0 Å². The van der Waals surface area contributed by atoms with Gasteiger partial charge in [0.2, 0.25) is 5.91 Å². The molecule has 0 aromatic heterocycles. The first-order valence-corrected chi connectivity index (χ1v) is 8.32. The van der Waals surface area contributed by atoms with Crippen molar-refractivity contribution in [2.45, 2.75) is 32.7 Å². The molecule has 4 heteroatoms. The van der Waals surface area contributed by atoms with Gasteiger partial charge in [0.05, 0.1) is 6.04 Å². The van der Waals surface area contributed by atoms with Crippen LogP contribution in [0.1, 0.15) is 47.3 Å². The SMILES string of the molecule is Cc1ccccc1[C@H](C)NC(=O)c1ccc(NC(=O)C2CC2)cc1. The molecule has 1 aliphatic rings. The second-order valence-electron chi connectivity index (χ2n) is 6.39. The zero-order chi connectivity index (χ0) is 17.1. The van der Waals surface area contributed by atoms with Crippen LogP contribution in [0.3, 0.4) is 0 Å². The van der Waals surface area contributed by atoms with Crippen LogP contribution >= 0.6 is 0 Å². The summed E-state index contributed by atoms with van der Waals surface area (Å²) in [6, 6.07) is 15.0. The molecule has 0 saturated heterocycles. The van der Waals surface area contributed by atoms with Gasteiger partial charge in [-0.15, -0.1) is 0 Å². The van der Waals surface area contributed by atoms with Gasteiger partial charge in [-0.2, -0.15) is 0 Å². The van der Waals surface area contributed by atoms with Crippen molar-refractivity contribution < 1.29 is 9.59 Å². The fourth-order valence-corrected chi connectivity index (χ4v) is 2.73. The van der Waals surface area contributed by atoms with Crippen molar-refractivity contribution in [3.8, 4) is 0 Å². The number of rotatable bonds is 5. The maximum absolute atomic E-state index is 12.4. The fourth-order valence-electron chi connectivity index (χ4n) is 2.73. The highest BCUT2D eigenvalue weighted by Gasteiger charge is 2.29. The number of anilines is 1. The normalized spacial score (nSPS) is 14.8. The topological polar surface area (TPSA) is 58.2 Å². The quantitative estimate of drug-likeness (QED) is 0.879. The minimum Gasteiger partial charge on any atom is -0.346 e. The van der Waals surface area contributed by atoms with E-state index >= 15 is 0 Å². The largest absolute Gasteiger partial charge is 0.346 e. The summed E-state index contributed by atoms with van der Waals surface area (Å²) < 4.78 is 0. The molecule has 1 aliphatic carbocycles. The summed E-state index contributed by atoms with van der Waals surface area (Å²) >= 11 is 0. The van der Waals surface area contributed by atoms with Gasteiger partial charge in [0.15, 0.2) is 0 Å². The fraction of sp³-hybridized carbons (Fsp3) is 0.300. The highest BCUT2D eigenvalue weighted by molar-refractivity contribution is 5.96. The Morgan fingerprint density at radius 3 is 2.33 bits per heavy atom. The van der Waals surface area contributed by atoms with E-state index in [0.717, 1.165) is 29.7 Å². The van der Waals surface area contributed by atoms with Crippen molar-refractivity contribution >= 4 is 17.5 Å². The lowest BCUT2D eigenvalue weighted by Gasteiger charge is -2.16. The Morgan fingerprint density at radius 1 is 1.04 bits per heavy atom. The molecule has 2 N–H and O–H groups in total. The van der Waals surface area contributed by atoms with E-state index in [1.54, 1.807) is 24.3 Å². The van der Waals surface area contributed by atoms with Crippen LogP contribution in [-0.4, -0.2) is 11.8 Å². The Morgan fingerprint density at radius 2 is 1.71 bits per heavy atom. The first-order valence-electron chi connectivity index (χ1n) is 8.32. The lowest BCUT2D eigenvalue weighted by Crippen LogP contribution is -2.27. The third-order valence-electron chi connectivity index (χ3n) is 4.37. The molecule has 0 spiro atoms. The molecule has 0 unspecified atom stereocenters. The first-order chi connectivity index (χ1) is 11.5. The van der Waals surface area contributed by atoms with Gasteiger partial charge in [0, 0.05) is 17.2 Å². The molecule has 2 amide bonds. The van der Waals surface area contributed by atoms with Gasteiger partial charge < -0.3 is 10.6 Å². The predicted octanol–water partition coefficient (Wildman–Crippen LogP) is 3.83. The van der Waals surface area contributed by atoms with E-state index in [1.165, 1.54) is 0 Å². The second kappa shape index (κ2) is 6.87. The van der Waals surface area contributed by atoms with E-state index in [-0.39, 0.29) is 23.8 Å². The minimum atomic E-state index is -0.120. The van der Waals surface area contributed by atoms with Gasteiger partial charge in [-0.3, -0.25) is 9.59 Å². The monoisotopic (exact) mass is 322 g/mol. The van der Waals surface area contributed by atoms with Crippen LogP contribution in [0.25, 0.3) is 0 Å². The molecule has 124 valence electrons. The third kappa shape index (κ3) is 3.82. The highest BCUT2D eigenvalue weighted by atomic mass is 16.2. The van der Waals surface area contributed by atoms with E-state index in [2.05, 4.69) is 10.6 Å². The lowest BCUT2D eigenvalue weighted by molar-refractivity contribution is -0.117. The Bertz CT molecular complexity index is 748. The van der Waals surface area contributed by atoms with Crippen molar-refractivity contribution in [1.82, 2.24) is 5.32 Å². The maximum atomic E-state index is 12.4. The van der Waals surface area contributed by atoms with Gasteiger partial charge in [-0.1, -0.05) is 24.3 Å². The Kier molecular flexibility index (Phi) is 4.65. The van der Waals surface area contributed by atoms with Gasteiger partial charge in [0.25, 0.3) is 5.91 Å². The lowest BCUT2D eigenvalue weighted by atomic mass is 10.0. The van der Waals surface area contributed by atoms with E-state index in [9.17, 15) is 9.59 Å². The summed E-state index contributed by atoms with van der Waals surface area (Å²) in [5, 5.41) is 5.89. The van der Waals surface area contributed by atoms with E-state index < -0.39 is 0 Å². The molecule has 1 saturated carbocycles. The summed E-state index contributed by atoms with van der Waals surface area (Å²) in [5.41, 5.74) is 3.58. The highest BCUT2D eigenvalue weighted by Crippen LogP contribution is 2.30. The zero-order valence-electron chi connectivity index (χ0n) is 14.0. The number of amides is 2. The molecule has 2 aromatic rings. The minimum absolute atomic E-state index is 0.0621. The molecule has 0 heterocycles. The van der Waals surface area contributed by atoms with Crippen LogP contribution in [-0.2, 0) is 4.79 Å². The van der Waals surface area contributed by atoms with Crippen molar-refractivity contribution in [3.05, 3.63) is 65.2 Å². The van der Waals surface area contributed by atoms with Crippen LogP contribution < -0.4 is 10.6 Å². The number of nitrogens with one attached hydrogen (secondary N) is 2.